The van der Waals surface area contributed by atoms with Gasteiger partial charge in [0, 0.05) is 0 Å². The molecule has 0 aliphatic rings. The SMILES string of the molecule is C=C=C([C@@H](O)CCC)[Si](C)(C)C. The third-order valence-electron chi connectivity index (χ3n) is 1.89. The second kappa shape index (κ2) is 4.66. The minimum atomic E-state index is -1.39. The molecule has 0 fully saturated rings. The summed E-state index contributed by atoms with van der Waals surface area (Å²) in [7, 11) is -1.39. The highest BCUT2D eigenvalue weighted by atomic mass is 28.3. The van der Waals surface area contributed by atoms with Crippen molar-refractivity contribution in [3.8, 4) is 0 Å². The van der Waals surface area contributed by atoms with Gasteiger partial charge in [-0.3, -0.25) is 0 Å². The third-order valence-corrected chi connectivity index (χ3v) is 4.02. The lowest BCUT2D eigenvalue weighted by molar-refractivity contribution is 0.206. The van der Waals surface area contributed by atoms with Crippen molar-refractivity contribution < 1.29 is 5.11 Å². The monoisotopic (exact) mass is 184 g/mol. The summed E-state index contributed by atoms with van der Waals surface area (Å²) >= 11 is 0. The van der Waals surface area contributed by atoms with E-state index in [1.807, 2.05) is 0 Å². The molecule has 0 saturated carbocycles. The van der Waals surface area contributed by atoms with Crippen LogP contribution in [0.4, 0.5) is 0 Å². The molecule has 1 N–H and O–H groups in total. The number of hydrogen-bond acceptors (Lipinski definition) is 1. The fraction of sp³-hybridized carbons (Fsp3) is 0.700. The van der Waals surface area contributed by atoms with E-state index in [0.717, 1.165) is 18.0 Å². The van der Waals surface area contributed by atoms with Gasteiger partial charge in [-0.15, -0.1) is 5.73 Å². The lowest BCUT2D eigenvalue weighted by Gasteiger charge is -2.23. The van der Waals surface area contributed by atoms with Crippen LogP contribution in [0.25, 0.3) is 0 Å². The van der Waals surface area contributed by atoms with Gasteiger partial charge < -0.3 is 5.11 Å². The molecule has 1 atom stereocenters. The number of hydrogen-bond donors (Lipinski definition) is 1. The van der Waals surface area contributed by atoms with Crippen molar-refractivity contribution in [1.29, 1.82) is 0 Å². The first-order valence-electron chi connectivity index (χ1n) is 4.52. The van der Waals surface area contributed by atoms with E-state index in [1.165, 1.54) is 0 Å². The number of aliphatic hydroxyl groups is 1. The van der Waals surface area contributed by atoms with Gasteiger partial charge in [-0.25, -0.2) is 0 Å². The maximum atomic E-state index is 9.74. The highest BCUT2D eigenvalue weighted by Gasteiger charge is 2.24. The van der Waals surface area contributed by atoms with E-state index in [0.29, 0.717) is 0 Å². The zero-order valence-corrected chi connectivity index (χ0v) is 9.65. The van der Waals surface area contributed by atoms with E-state index in [1.54, 1.807) is 0 Å². The Kier molecular flexibility index (Phi) is 4.54. The van der Waals surface area contributed by atoms with E-state index in [2.05, 4.69) is 38.9 Å². The Labute approximate surface area is 76.8 Å². The van der Waals surface area contributed by atoms with Crippen molar-refractivity contribution in [2.45, 2.75) is 45.5 Å². The molecule has 70 valence electrons. The van der Waals surface area contributed by atoms with Crippen LogP contribution in [0.1, 0.15) is 19.8 Å². The van der Waals surface area contributed by atoms with Crippen molar-refractivity contribution in [1.82, 2.24) is 0 Å². The Balaban J connectivity index is 4.49. The Morgan fingerprint density at radius 2 is 2.00 bits per heavy atom. The Bertz CT molecular complexity index is 185. The lowest BCUT2D eigenvalue weighted by atomic mass is 10.2. The topological polar surface area (TPSA) is 20.2 Å². The predicted octanol–water partition coefficient (Wildman–Crippen LogP) is 2.74. The molecule has 0 aromatic heterocycles. The quantitative estimate of drug-likeness (QED) is 0.526. The van der Waals surface area contributed by atoms with Crippen molar-refractivity contribution in [3.63, 3.8) is 0 Å². The summed E-state index contributed by atoms with van der Waals surface area (Å²) in [6.07, 6.45) is 1.54. The van der Waals surface area contributed by atoms with Gasteiger partial charge >= 0.3 is 0 Å². The second-order valence-electron chi connectivity index (χ2n) is 4.14. The van der Waals surface area contributed by atoms with Crippen LogP contribution in [0.15, 0.2) is 17.5 Å². The van der Waals surface area contributed by atoms with Gasteiger partial charge in [0.05, 0.1) is 14.2 Å². The summed E-state index contributed by atoms with van der Waals surface area (Å²) in [4.78, 5) is 0. The third kappa shape index (κ3) is 3.40. The summed E-state index contributed by atoms with van der Waals surface area (Å²) < 4.78 is 0. The van der Waals surface area contributed by atoms with Crippen LogP contribution in [-0.2, 0) is 0 Å². The smallest absolute Gasteiger partial charge is 0.0857 e. The molecule has 0 aliphatic carbocycles. The molecule has 12 heavy (non-hydrogen) atoms. The molecular formula is C10H20OSi. The molecule has 0 radical (unpaired) electrons. The van der Waals surface area contributed by atoms with Crippen molar-refractivity contribution in [2.75, 3.05) is 0 Å². The van der Waals surface area contributed by atoms with Crippen LogP contribution in [-0.4, -0.2) is 19.3 Å². The summed E-state index contributed by atoms with van der Waals surface area (Å²) in [5, 5.41) is 10.8. The first-order chi connectivity index (χ1) is 5.43. The van der Waals surface area contributed by atoms with Crippen LogP contribution in [0.3, 0.4) is 0 Å². The van der Waals surface area contributed by atoms with Crippen LogP contribution in [0, 0.1) is 0 Å². The molecule has 0 spiro atoms. The van der Waals surface area contributed by atoms with E-state index in [-0.39, 0.29) is 6.10 Å². The lowest BCUT2D eigenvalue weighted by Crippen LogP contribution is -2.31. The Morgan fingerprint density at radius 1 is 1.50 bits per heavy atom. The standard InChI is InChI=1S/C10H20OSi/c1-6-8-9(11)10(7-2)12(3,4)5/h9,11H,2,6,8H2,1,3-5H3/t9-/m0/s1. The maximum absolute atomic E-state index is 9.74. The Hall–Kier alpha value is -0.303. The summed E-state index contributed by atoms with van der Waals surface area (Å²) in [5.74, 6) is 0. The van der Waals surface area contributed by atoms with Crippen molar-refractivity contribution >= 4 is 8.07 Å². The fourth-order valence-corrected chi connectivity index (χ4v) is 2.97. The maximum Gasteiger partial charge on any atom is 0.0857 e. The van der Waals surface area contributed by atoms with Gasteiger partial charge in [0.25, 0.3) is 0 Å². The molecule has 0 bridgehead atoms. The van der Waals surface area contributed by atoms with E-state index >= 15 is 0 Å². The van der Waals surface area contributed by atoms with Gasteiger partial charge in [-0.05, 0) is 11.6 Å². The first kappa shape index (κ1) is 11.7. The zero-order valence-electron chi connectivity index (χ0n) is 8.65. The van der Waals surface area contributed by atoms with Crippen LogP contribution >= 0.6 is 0 Å². The highest BCUT2D eigenvalue weighted by Crippen LogP contribution is 2.19. The second-order valence-corrected chi connectivity index (χ2v) is 9.18. The molecule has 0 aromatic carbocycles. The molecule has 1 nitrogen and oxygen atoms in total. The van der Waals surface area contributed by atoms with Gasteiger partial charge in [0.2, 0.25) is 0 Å². The predicted molar refractivity (Wildman–Crippen MR) is 56.9 cm³/mol. The van der Waals surface area contributed by atoms with Crippen LogP contribution in [0.2, 0.25) is 19.6 Å². The fourth-order valence-electron chi connectivity index (χ4n) is 1.30. The van der Waals surface area contributed by atoms with Gasteiger partial charge in [-0.2, -0.15) is 0 Å². The molecule has 0 aliphatic heterocycles. The Morgan fingerprint density at radius 3 is 2.25 bits per heavy atom. The van der Waals surface area contributed by atoms with Crippen molar-refractivity contribution in [2.24, 2.45) is 0 Å². The highest BCUT2D eigenvalue weighted by molar-refractivity contribution is 6.83. The van der Waals surface area contributed by atoms with Crippen LogP contribution in [0.5, 0.6) is 0 Å². The largest absolute Gasteiger partial charge is 0.389 e. The average Bonchev–Trinajstić information content (AvgIpc) is 1.85. The van der Waals surface area contributed by atoms with Gasteiger partial charge in [-0.1, -0.05) is 39.6 Å². The van der Waals surface area contributed by atoms with Gasteiger partial charge in [0.1, 0.15) is 0 Å². The first-order valence-corrected chi connectivity index (χ1v) is 8.02. The van der Waals surface area contributed by atoms with Gasteiger partial charge in [0.15, 0.2) is 0 Å². The summed E-state index contributed by atoms with van der Waals surface area (Å²) in [6, 6.07) is 0. The summed E-state index contributed by atoms with van der Waals surface area (Å²) in [5.41, 5.74) is 2.90. The molecule has 0 unspecified atom stereocenters. The van der Waals surface area contributed by atoms with E-state index in [4.69, 9.17) is 0 Å². The minimum Gasteiger partial charge on any atom is -0.389 e. The molecule has 0 aromatic rings. The number of aliphatic hydroxyl groups excluding tert-OH is 1. The average molecular weight is 184 g/mol. The normalized spacial score (nSPS) is 13.8. The number of rotatable bonds is 4. The molecule has 0 rings (SSSR count). The molecular weight excluding hydrogens is 164 g/mol. The van der Waals surface area contributed by atoms with E-state index < -0.39 is 8.07 Å². The van der Waals surface area contributed by atoms with Crippen molar-refractivity contribution in [3.05, 3.63) is 17.5 Å². The molecule has 0 heterocycles. The molecule has 0 amide bonds. The summed E-state index contributed by atoms with van der Waals surface area (Å²) in [6.45, 7) is 12.3. The molecule has 2 heteroatoms. The van der Waals surface area contributed by atoms with Crippen LogP contribution < -0.4 is 0 Å². The zero-order chi connectivity index (χ0) is 9.78. The van der Waals surface area contributed by atoms with E-state index in [9.17, 15) is 5.11 Å². The minimum absolute atomic E-state index is 0.306. The molecule has 0 saturated heterocycles.